The SMILES string of the molecule is COC(C)CNC(=O)[C@H](N)c1ccccc1. The molecule has 0 aliphatic heterocycles. The molecule has 1 aromatic carbocycles. The largest absolute Gasteiger partial charge is 0.380 e. The summed E-state index contributed by atoms with van der Waals surface area (Å²) in [5.41, 5.74) is 6.62. The minimum absolute atomic E-state index is 0.00748. The van der Waals surface area contributed by atoms with Crippen LogP contribution in [-0.4, -0.2) is 25.7 Å². The predicted octanol–water partition coefficient (Wildman–Crippen LogP) is 0.838. The smallest absolute Gasteiger partial charge is 0.241 e. The van der Waals surface area contributed by atoms with E-state index in [1.807, 2.05) is 37.3 Å². The van der Waals surface area contributed by atoms with Crippen LogP contribution in [0.1, 0.15) is 18.5 Å². The quantitative estimate of drug-likeness (QED) is 0.776. The highest BCUT2D eigenvalue weighted by Crippen LogP contribution is 2.08. The van der Waals surface area contributed by atoms with E-state index in [1.54, 1.807) is 7.11 Å². The first kappa shape index (κ1) is 12.7. The molecule has 3 N–H and O–H groups in total. The maximum Gasteiger partial charge on any atom is 0.241 e. The van der Waals surface area contributed by atoms with E-state index in [9.17, 15) is 4.79 Å². The molecule has 1 amide bonds. The molecular weight excluding hydrogens is 204 g/mol. The van der Waals surface area contributed by atoms with Crippen molar-refractivity contribution in [3.8, 4) is 0 Å². The van der Waals surface area contributed by atoms with E-state index in [0.29, 0.717) is 6.54 Å². The van der Waals surface area contributed by atoms with Gasteiger partial charge in [0.05, 0.1) is 6.10 Å². The van der Waals surface area contributed by atoms with Crippen LogP contribution in [0.4, 0.5) is 0 Å². The van der Waals surface area contributed by atoms with Gasteiger partial charge in [0.25, 0.3) is 0 Å². The zero-order valence-electron chi connectivity index (χ0n) is 9.64. The minimum Gasteiger partial charge on any atom is -0.380 e. The van der Waals surface area contributed by atoms with Gasteiger partial charge in [0.15, 0.2) is 0 Å². The Labute approximate surface area is 95.8 Å². The van der Waals surface area contributed by atoms with Gasteiger partial charge in [0.1, 0.15) is 6.04 Å². The first-order valence-electron chi connectivity index (χ1n) is 5.26. The number of benzene rings is 1. The summed E-state index contributed by atoms with van der Waals surface area (Å²) < 4.78 is 5.03. The number of rotatable bonds is 5. The second-order valence-electron chi connectivity index (χ2n) is 3.68. The van der Waals surface area contributed by atoms with Gasteiger partial charge < -0.3 is 15.8 Å². The second kappa shape index (κ2) is 6.25. The van der Waals surface area contributed by atoms with E-state index in [1.165, 1.54) is 0 Å². The molecule has 0 aromatic heterocycles. The molecule has 1 aromatic rings. The van der Waals surface area contributed by atoms with Crippen molar-refractivity contribution < 1.29 is 9.53 Å². The zero-order chi connectivity index (χ0) is 12.0. The Hall–Kier alpha value is -1.39. The van der Waals surface area contributed by atoms with Crippen molar-refractivity contribution in [3.05, 3.63) is 35.9 Å². The van der Waals surface area contributed by atoms with Gasteiger partial charge in [-0.15, -0.1) is 0 Å². The fourth-order valence-corrected chi connectivity index (χ4v) is 1.25. The summed E-state index contributed by atoms with van der Waals surface area (Å²) in [6.45, 7) is 2.35. The van der Waals surface area contributed by atoms with E-state index < -0.39 is 6.04 Å². The molecule has 1 unspecified atom stereocenters. The highest BCUT2D eigenvalue weighted by Gasteiger charge is 2.15. The molecule has 16 heavy (non-hydrogen) atoms. The van der Waals surface area contributed by atoms with Gasteiger partial charge in [0, 0.05) is 13.7 Å². The van der Waals surface area contributed by atoms with E-state index in [0.717, 1.165) is 5.56 Å². The van der Waals surface area contributed by atoms with E-state index in [-0.39, 0.29) is 12.0 Å². The summed E-state index contributed by atoms with van der Waals surface area (Å²) in [6.07, 6.45) is -0.00748. The molecule has 1 rings (SSSR count). The van der Waals surface area contributed by atoms with Crippen molar-refractivity contribution in [1.29, 1.82) is 0 Å². The Morgan fingerprint density at radius 1 is 1.44 bits per heavy atom. The molecule has 0 aliphatic carbocycles. The highest BCUT2D eigenvalue weighted by molar-refractivity contribution is 5.82. The van der Waals surface area contributed by atoms with E-state index in [2.05, 4.69) is 5.32 Å². The highest BCUT2D eigenvalue weighted by atomic mass is 16.5. The maximum absolute atomic E-state index is 11.7. The standard InChI is InChI=1S/C12H18N2O2/c1-9(16-2)8-14-12(15)11(13)10-6-4-3-5-7-10/h3-7,9,11H,8,13H2,1-2H3,(H,14,15)/t9?,11-/m1/s1. The number of ether oxygens (including phenoxy) is 1. The van der Waals surface area contributed by atoms with Gasteiger partial charge in [-0.25, -0.2) is 0 Å². The molecule has 0 heterocycles. The van der Waals surface area contributed by atoms with E-state index in [4.69, 9.17) is 10.5 Å². The van der Waals surface area contributed by atoms with Crippen molar-refractivity contribution in [2.75, 3.05) is 13.7 Å². The molecule has 0 saturated carbocycles. The molecule has 88 valence electrons. The number of nitrogens with two attached hydrogens (primary N) is 1. The van der Waals surface area contributed by atoms with E-state index >= 15 is 0 Å². The van der Waals surface area contributed by atoms with Gasteiger partial charge >= 0.3 is 0 Å². The van der Waals surface area contributed by atoms with Crippen LogP contribution in [0, 0.1) is 0 Å². The fraction of sp³-hybridized carbons (Fsp3) is 0.417. The number of carbonyl (C=O) groups is 1. The second-order valence-corrected chi connectivity index (χ2v) is 3.68. The zero-order valence-corrected chi connectivity index (χ0v) is 9.64. The molecule has 0 saturated heterocycles. The molecule has 0 radical (unpaired) electrons. The monoisotopic (exact) mass is 222 g/mol. The Morgan fingerprint density at radius 2 is 2.06 bits per heavy atom. The third kappa shape index (κ3) is 3.64. The lowest BCUT2D eigenvalue weighted by Gasteiger charge is -2.15. The summed E-state index contributed by atoms with van der Waals surface area (Å²) in [5.74, 6) is -0.185. The van der Waals surface area contributed by atoms with Crippen LogP contribution in [0.15, 0.2) is 30.3 Å². The first-order valence-corrected chi connectivity index (χ1v) is 5.26. The van der Waals surface area contributed by atoms with Crippen molar-refractivity contribution in [2.45, 2.75) is 19.1 Å². The molecule has 4 nitrogen and oxygen atoms in total. The van der Waals surface area contributed by atoms with Crippen LogP contribution in [0.5, 0.6) is 0 Å². The molecule has 0 bridgehead atoms. The average molecular weight is 222 g/mol. The van der Waals surface area contributed by atoms with Crippen molar-refractivity contribution in [3.63, 3.8) is 0 Å². The van der Waals surface area contributed by atoms with Crippen LogP contribution in [-0.2, 0) is 9.53 Å². The van der Waals surface area contributed by atoms with Crippen LogP contribution in [0.25, 0.3) is 0 Å². The lowest BCUT2D eigenvalue weighted by molar-refractivity contribution is -0.123. The topological polar surface area (TPSA) is 64.3 Å². The van der Waals surface area contributed by atoms with Crippen LogP contribution < -0.4 is 11.1 Å². The molecule has 0 spiro atoms. The average Bonchev–Trinajstić information content (AvgIpc) is 2.35. The molecule has 0 aliphatic rings. The summed E-state index contributed by atoms with van der Waals surface area (Å²) in [6, 6.07) is 8.67. The summed E-state index contributed by atoms with van der Waals surface area (Å²) in [5, 5.41) is 2.74. The number of hydrogen-bond donors (Lipinski definition) is 2. The van der Waals surface area contributed by atoms with Crippen molar-refractivity contribution in [2.24, 2.45) is 5.73 Å². The number of hydrogen-bond acceptors (Lipinski definition) is 3. The van der Waals surface area contributed by atoms with Gasteiger partial charge in [-0.05, 0) is 12.5 Å². The van der Waals surface area contributed by atoms with Crippen LogP contribution in [0.3, 0.4) is 0 Å². The van der Waals surface area contributed by atoms with Crippen molar-refractivity contribution in [1.82, 2.24) is 5.32 Å². The lowest BCUT2D eigenvalue weighted by atomic mass is 10.1. The Kier molecular flexibility index (Phi) is 4.95. The maximum atomic E-state index is 11.7. The van der Waals surface area contributed by atoms with Gasteiger partial charge in [-0.3, -0.25) is 4.79 Å². The molecule has 0 fully saturated rings. The fourth-order valence-electron chi connectivity index (χ4n) is 1.25. The van der Waals surface area contributed by atoms with Gasteiger partial charge in [-0.2, -0.15) is 0 Å². The number of methoxy groups -OCH3 is 1. The number of carbonyl (C=O) groups excluding carboxylic acids is 1. The summed E-state index contributed by atoms with van der Waals surface area (Å²) in [4.78, 5) is 11.7. The number of amides is 1. The van der Waals surface area contributed by atoms with Crippen LogP contribution in [0.2, 0.25) is 0 Å². The predicted molar refractivity (Wildman–Crippen MR) is 62.9 cm³/mol. The normalized spacial score (nSPS) is 14.2. The summed E-state index contributed by atoms with van der Waals surface area (Å²) >= 11 is 0. The third-order valence-corrected chi connectivity index (χ3v) is 2.41. The van der Waals surface area contributed by atoms with Crippen LogP contribution >= 0.6 is 0 Å². The van der Waals surface area contributed by atoms with Gasteiger partial charge in [-0.1, -0.05) is 30.3 Å². The molecule has 4 heteroatoms. The molecule has 2 atom stereocenters. The van der Waals surface area contributed by atoms with Crippen molar-refractivity contribution >= 4 is 5.91 Å². The number of nitrogens with one attached hydrogen (secondary N) is 1. The minimum atomic E-state index is -0.620. The molecular formula is C12H18N2O2. The Balaban J connectivity index is 2.49. The first-order chi connectivity index (χ1) is 7.65. The van der Waals surface area contributed by atoms with Gasteiger partial charge in [0.2, 0.25) is 5.91 Å². The lowest BCUT2D eigenvalue weighted by Crippen LogP contribution is -2.38. The Bertz CT molecular complexity index is 327. The Morgan fingerprint density at radius 3 is 2.62 bits per heavy atom. The summed E-state index contributed by atoms with van der Waals surface area (Å²) in [7, 11) is 1.61. The third-order valence-electron chi connectivity index (χ3n) is 2.41.